The van der Waals surface area contributed by atoms with Gasteiger partial charge in [0.15, 0.2) is 5.82 Å². The molecule has 0 amide bonds. The number of fused-ring (bicyclic) bond motifs is 5. The Kier molecular flexibility index (Phi) is 5.10. The summed E-state index contributed by atoms with van der Waals surface area (Å²) in [6, 6.07) is 45.9. The zero-order chi connectivity index (χ0) is 26.5. The Morgan fingerprint density at radius 1 is 0.525 bits per heavy atom. The quantitative estimate of drug-likeness (QED) is 0.235. The maximum atomic E-state index is 5.96. The fourth-order valence-corrected chi connectivity index (χ4v) is 5.63. The molecule has 0 bridgehead atoms. The van der Waals surface area contributed by atoms with E-state index >= 15 is 0 Å². The van der Waals surface area contributed by atoms with E-state index < -0.39 is 0 Å². The Labute approximate surface area is 230 Å². The first kappa shape index (κ1) is 22.5. The van der Waals surface area contributed by atoms with Crippen molar-refractivity contribution < 1.29 is 4.42 Å². The molecule has 0 N–H and O–H groups in total. The predicted octanol–water partition coefficient (Wildman–Crippen LogP) is 9.32. The lowest BCUT2D eigenvalue weighted by molar-refractivity contribution is 0.619. The lowest BCUT2D eigenvalue weighted by atomic mass is 10.1. The highest BCUT2D eigenvalue weighted by molar-refractivity contribution is 6.19. The standard InChI is InChI=1S/C36H23N3O/c1-3-10-24(11-4-1)30-23-31(25-12-5-2-6-13-25)38-36(37-30)27-14-9-15-28(22-27)39-32-17-8-7-16-29(32)34-33(39)19-18-26-20-21-40-35(26)34/h1-23H. The van der Waals surface area contributed by atoms with Crippen LogP contribution in [0, 0.1) is 0 Å². The number of hydrogen-bond donors (Lipinski definition) is 0. The molecule has 0 radical (unpaired) electrons. The van der Waals surface area contributed by atoms with Gasteiger partial charge in [0.2, 0.25) is 0 Å². The molecule has 0 aliphatic rings. The average Bonchev–Trinajstić information content (AvgIpc) is 3.64. The highest BCUT2D eigenvalue weighted by Gasteiger charge is 2.17. The van der Waals surface area contributed by atoms with Crippen molar-refractivity contribution in [3.63, 3.8) is 0 Å². The Bertz CT molecular complexity index is 2100. The number of furan rings is 1. The Balaban J connectivity index is 1.35. The van der Waals surface area contributed by atoms with Crippen LogP contribution in [0.5, 0.6) is 0 Å². The Hall–Kier alpha value is -5.48. The van der Waals surface area contributed by atoms with Crippen molar-refractivity contribution in [3.05, 3.63) is 140 Å². The molecule has 3 heterocycles. The van der Waals surface area contributed by atoms with Gasteiger partial charge in [-0.3, -0.25) is 0 Å². The minimum Gasteiger partial charge on any atom is -0.464 e. The van der Waals surface area contributed by atoms with Crippen molar-refractivity contribution in [2.24, 2.45) is 0 Å². The van der Waals surface area contributed by atoms with Crippen molar-refractivity contribution in [3.8, 4) is 39.6 Å². The Morgan fingerprint density at radius 2 is 1.20 bits per heavy atom. The predicted molar refractivity (Wildman–Crippen MR) is 162 cm³/mol. The van der Waals surface area contributed by atoms with Crippen LogP contribution in [-0.4, -0.2) is 14.5 Å². The SMILES string of the molecule is c1ccc(-c2cc(-c3ccccc3)nc(-c3cccc(-n4c5ccccc5c5c6occc6ccc54)c3)n2)cc1. The minimum absolute atomic E-state index is 0.691. The van der Waals surface area contributed by atoms with Gasteiger partial charge in [-0.1, -0.05) is 91.0 Å². The number of hydrogen-bond acceptors (Lipinski definition) is 3. The molecule has 8 aromatic rings. The van der Waals surface area contributed by atoms with Crippen LogP contribution in [0.1, 0.15) is 0 Å². The summed E-state index contributed by atoms with van der Waals surface area (Å²) in [5.41, 5.74) is 9.05. The van der Waals surface area contributed by atoms with Crippen molar-refractivity contribution in [1.29, 1.82) is 0 Å². The zero-order valence-electron chi connectivity index (χ0n) is 21.5. The summed E-state index contributed by atoms with van der Waals surface area (Å²) >= 11 is 0. The molecule has 188 valence electrons. The second-order valence-electron chi connectivity index (χ2n) is 9.90. The van der Waals surface area contributed by atoms with E-state index in [1.807, 2.05) is 42.5 Å². The van der Waals surface area contributed by atoms with Crippen LogP contribution in [0.15, 0.2) is 144 Å². The van der Waals surface area contributed by atoms with Gasteiger partial charge in [-0.05, 0) is 42.5 Å². The van der Waals surface area contributed by atoms with E-state index in [0.717, 1.165) is 66.5 Å². The van der Waals surface area contributed by atoms with E-state index in [1.54, 1.807) is 6.26 Å². The third-order valence-electron chi connectivity index (χ3n) is 7.48. The fourth-order valence-electron chi connectivity index (χ4n) is 5.63. The van der Waals surface area contributed by atoms with Crippen LogP contribution in [0.25, 0.3) is 72.4 Å². The van der Waals surface area contributed by atoms with Gasteiger partial charge in [0.25, 0.3) is 0 Å². The van der Waals surface area contributed by atoms with E-state index in [-0.39, 0.29) is 0 Å². The summed E-state index contributed by atoms with van der Waals surface area (Å²) in [6.07, 6.45) is 1.76. The number of para-hydroxylation sites is 1. The molecule has 0 saturated heterocycles. The van der Waals surface area contributed by atoms with Gasteiger partial charge in [0, 0.05) is 33.2 Å². The lowest BCUT2D eigenvalue weighted by Crippen LogP contribution is -1.98. The van der Waals surface area contributed by atoms with Crippen molar-refractivity contribution in [1.82, 2.24) is 14.5 Å². The van der Waals surface area contributed by atoms with Gasteiger partial charge in [0.05, 0.1) is 34.1 Å². The van der Waals surface area contributed by atoms with Crippen LogP contribution in [-0.2, 0) is 0 Å². The minimum atomic E-state index is 0.691. The molecule has 8 rings (SSSR count). The molecule has 0 atom stereocenters. The normalized spacial score (nSPS) is 11.5. The third-order valence-corrected chi connectivity index (χ3v) is 7.48. The van der Waals surface area contributed by atoms with Crippen LogP contribution in [0.4, 0.5) is 0 Å². The summed E-state index contributed by atoms with van der Waals surface area (Å²) in [5.74, 6) is 0.691. The topological polar surface area (TPSA) is 43.9 Å². The lowest BCUT2D eigenvalue weighted by Gasteiger charge is -2.12. The molecule has 5 aromatic carbocycles. The van der Waals surface area contributed by atoms with Gasteiger partial charge in [-0.25, -0.2) is 9.97 Å². The van der Waals surface area contributed by atoms with E-state index in [0.29, 0.717) is 5.82 Å². The number of aromatic nitrogens is 3. The van der Waals surface area contributed by atoms with Gasteiger partial charge in [0.1, 0.15) is 5.58 Å². The summed E-state index contributed by atoms with van der Waals surface area (Å²) in [4.78, 5) is 10.1. The molecular weight excluding hydrogens is 490 g/mol. The second kappa shape index (κ2) is 9.07. The van der Waals surface area contributed by atoms with Gasteiger partial charge in [-0.2, -0.15) is 0 Å². The summed E-state index contributed by atoms with van der Waals surface area (Å²) in [7, 11) is 0. The first-order chi connectivity index (χ1) is 19.8. The van der Waals surface area contributed by atoms with Crippen LogP contribution in [0.2, 0.25) is 0 Å². The van der Waals surface area contributed by atoms with Crippen molar-refractivity contribution in [2.45, 2.75) is 0 Å². The molecule has 0 aliphatic carbocycles. The molecule has 0 unspecified atom stereocenters. The molecule has 0 saturated carbocycles. The molecule has 40 heavy (non-hydrogen) atoms. The maximum Gasteiger partial charge on any atom is 0.160 e. The molecule has 0 fully saturated rings. The molecule has 4 heteroatoms. The van der Waals surface area contributed by atoms with Crippen molar-refractivity contribution >= 4 is 32.8 Å². The highest BCUT2D eigenvalue weighted by Crippen LogP contribution is 2.38. The maximum absolute atomic E-state index is 5.96. The summed E-state index contributed by atoms with van der Waals surface area (Å²) in [5, 5.41) is 3.39. The first-order valence-corrected chi connectivity index (χ1v) is 13.3. The summed E-state index contributed by atoms with van der Waals surface area (Å²) in [6.45, 7) is 0. The fraction of sp³-hybridized carbons (Fsp3) is 0. The van der Waals surface area contributed by atoms with Crippen LogP contribution < -0.4 is 0 Å². The van der Waals surface area contributed by atoms with Gasteiger partial charge >= 0.3 is 0 Å². The average molecular weight is 514 g/mol. The van der Waals surface area contributed by atoms with E-state index in [9.17, 15) is 0 Å². The summed E-state index contributed by atoms with van der Waals surface area (Å²) < 4.78 is 8.26. The van der Waals surface area contributed by atoms with Gasteiger partial charge < -0.3 is 8.98 Å². The zero-order valence-corrected chi connectivity index (χ0v) is 21.5. The van der Waals surface area contributed by atoms with E-state index in [2.05, 4.69) is 95.6 Å². The second-order valence-corrected chi connectivity index (χ2v) is 9.90. The largest absolute Gasteiger partial charge is 0.464 e. The number of nitrogens with zero attached hydrogens (tertiary/aromatic N) is 3. The first-order valence-electron chi connectivity index (χ1n) is 13.3. The molecule has 3 aromatic heterocycles. The molecular formula is C36H23N3O. The van der Waals surface area contributed by atoms with E-state index in [1.165, 1.54) is 0 Å². The number of benzene rings is 5. The van der Waals surface area contributed by atoms with Gasteiger partial charge in [-0.15, -0.1) is 0 Å². The van der Waals surface area contributed by atoms with Crippen LogP contribution in [0.3, 0.4) is 0 Å². The molecule has 0 spiro atoms. The van der Waals surface area contributed by atoms with E-state index in [4.69, 9.17) is 14.4 Å². The third kappa shape index (κ3) is 3.62. The highest BCUT2D eigenvalue weighted by atomic mass is 16.3. The smallest absolute Gasteiger partial charge is 0.160 e. The monoisotopic (exact) mass is 513 g/mol. The number of rotatable bonds is 4. The van der Waals surface area contributed by atoms with Crippen molar-refractivity contribution in [2.75, 3.05) is 0 Å². The molecule has 4 nitrogen and oxygen atoms in total. The molecule has 0 aliphatic heterocycles. The van der Waals surface area contributed by atoms with Crippen LogP contribution >= 0.6 is 0 Å². The Morgan fingerprint density at radius 3 is 1.95 bits per heavy atom.